The van der Waals surface area contributed by atoms with Crippen molar-refractivity contribution in [2.75, 3.05) is 41.6 Å². The third kappa shape index (κ3) is 4.20. The summed E-state index contributed by atoms with van der Waals surface area (Å²) in [5.74, 6) is -0.290. The maximum atomic E-state index is 13.0. The van der Waals surface area contributed by atoms with Gasteiger partial charge in [-0.15, -0.1) is 0 Å². The summed E-state index contributed by atoms with van der Waals surface area (Å²) in [5, 5.41) is 11.1. The maximum Gasteiger partial charge on any atom is 0.295 e. The van der Waals surface area contributed by atoms with Gasteiger partial charge in [0.05, 0.1) is 39.6 Å². The Morgan fingerprint density at radius 3 is 2.35 bits per heavy atom. The number of aliphatic hydroxyl groups is 1. The minimum atomic E-state index is -0.818. The van der Waals surface area contributed by atoms with Gasteiger partial charge in [0.2, 0.25) is 0 Å². The van der Waals surface area contributed by atoms with E-state index in [9.17, 15) is 14.7 Å². The largest absolute Gasteiger partial charge is 0.507 e. The number of hydrogen-bond acceptors (Lipinski definition) is 7. The van der Waals surface area contributed by atoms with Gasteiger partial charge in [0, 0.05) is 19.2 Å². The predicted octanol–water partition coefficient (Wildman–Crippen LogP) is 2.78. The fourth-order valence-corrected chi connectivity index (χ4v) is 3.60. The van der Waals surface area contributed by atoms with Crippen LogP contribution in [0.5, 0.6) is 17.2 Å². The summed E-state index contributed by atoms with van der Waals surface area (Å²) in [6.45, 7) is 0.408. The minimum Gasteiger partial charge on any atom is -0.507 e. The first-order valence-electron chi connectivity index (χ1n) is 9.60. The fourth-order valence-electron chi connectivity index (χ4n) is 3.60. The van der Waals surface area contributed by atoms with Gasteiger partial charge in [-0.25, -0.2) is 0 Å². The van der Waals surface area contributed by atoms with Crippen LogP contribution in [-0.4, -0.2) is 63.3 Å². The second kappa shape index (κ2) is 9.53. The molecule has 1 aliphatic rings. The Morgan fingerprint density at radius 2 is 1.71 bits per heavy atom. The summed E-state index contributed by atoms with van der Waals surface area (Å²) < 4.78 is 21.0. The molecule has 1 amide bonds. The first-order chi connectivity index (χ1) is 15.0. The number of likely N-dealkylation sites (tertiary alicyclic amines) is 1. The molecule has 1 fully saturated rings. The van der Waals surface area contributed by atoms with Crippen molar-refractivity contribution in [2.24, 2.45) is 0 Å². The molecular weight excluding hydrogens is 402 g/mol. The van der Waals surface area contributed by atoms with E-state index >= 15 is 0 Å². The molecule has 1 atom stereocenters. The Kier molecular flexibility index (Phi) is 6.81. The van der Waals surface area contributed by atoms with Crippen LogP contribution in [0.3, 0.4) is 0 Å². The summed E-state index contributed by atoms with van der Waals surface area (Å²) in [6, 6.07) is 11.0. The number of nitrogens with zero attached hydrogens (tertiary/aromatic N) is 1. The molecule has 3 rings (SSSR count). The van der Waals surface area contributed by atoms with Crippen LogP contribution in [0.15, 0.2) is 48.0 Å². The van der Waals surface area contributed by atoms with Crippen molar-refractivity contribution in [2.45, 2.75) is 6.04 Å². The predicted molar refractivity (Wildman–Crippen MR) is 113 cm³/mol. The first kappa shape index (κ1) is 22.2. The second-order valence-corrected chi connectivity index (χ2v) is 6.83. The van der Waals surface area contributed by atoms with Crippen LogP contribution >= 0.6 is 0 Å². The molecule has 1 N–H and O–H groups in total. The molecule has 0 unspecified atom stereocenters. The number of aliphatic hydroxyl groups excluding tert-OH is 1. The van der Waals surface area contributed by atoms with E-state index in [2.05, 4.69) is 0 Å². The molecule has 1 aliphatic heterocycles. The number of methoxy groups -OCH3 is 4. The molecule has 0 aromatic heterocycles. The number of hydrogen-bond donors (Lipinski definition) is 1. The second-order valence-electron chi connectivity index (χ2n) is 6.83. The number of rotatable bonds is 8. The van der Waals surface area contributed by atoms with Crippen LogP contribution in [0.25, 0.3) is 5.76 Å². The summed E-state index contributed by atoms with van der Waals surface area (Å²) in [7, 11) is 6.04. The topological polar surface area (TPSA) is 94.5 Å². The Labute approximate surface area is 180 Å². The van der Waals surface area contributed by atoms with E-state index in [-0.39, 0.29) is 24.5 Å². The Balaban J connectivity index is 2.19. The zero-order valence-electron chi connectivity index (χ0n) is 17.9. The molecule has 0 radical (unpaired) electrons. The monoisotopic (exact) mass is 427 g/mol. The van der Waals surface area contributed by atoms with Crippen molar-refractivity contribution in [3.05, 3.63) is 59.2 Å². The molecular formula is C23H25NO7. The number of amides is 1. The van der Waals surface area contributed by atoms with Crippen LogP contribution < -0.4 is 14.2 Å². The summed E-state index contributed by atoms with van der Waals surface area (Å²) in [4.78, 5) is 27.2. The van der Waals surface area contributed by atoms with Crippen molar-refractivity contribution in [1.82, 2.24) is 4.90 Å². The van der Waals surface area contributed by atoms with Crippen molar-refractivity contribution in [3.8, 4) is 17.2 Å². The van der Waals surface area contributed by atoms with E-state index in [1.54, 1.807) is 42.5 Å². The number of benzene rings is 2. The lowest BCUT2D eigenvalue weighted by atomic mass is 9.95. The molecule has 1 saturated heterocycles. The van der Waals surface area contributed by atoms with E-state index in [0.717, 1.165) is 0 Å². The van der Waals surface area contributed by atoms with Crippen LogP contribution in [0.1, 0.15) is 17.2 Å². The molecule has 1 heterocycles. The highest BCUT2D eigenvalue weighted by molar-refractivity contribution is 6.46. The third-order valence-corrected chi connectivity index (χ3v) is 5.14. The number of ether oxygens (including phenoxy) is 4. The van der Waals surface area contributed by atoms with Crippen LogP contribution in [0, 0.1) is 0 Å². The van der Waals surface area contributed by atoms with Gasteiger partial charge in [0.1, 0.15) is 11.5 Å². The van der Waals surface area contributed by atoms with E-state index in [0.29, 0.717) is 28.4 Å². The number of carbonyl (C=O) groups excluding carboxylic acids is 2. The maximum absolute atomic E-state index is 13.0. The normalized spacial score (nSPS) is 17.7. The Morgan fingerprint density at radius 1 is 0.968 bits per heavy atom. The first-order valence-corrected chi connectivity index (χ1v) is 9.60. The molecule has 8 nitrogen and oxygen atoms in total. The molecule has 0 aliphatic carbocycles. The van der Waals surface area contributed by atoms with Crippen molar-refractivity contribution in [1.29, 1.82) is 0 Å². The Bertz CT molecular complexity index is 1010. The van der Waals surface area contributed by atoms with E-state index in [1.165, 1.54) is 33.3 Å². The van der Waals surface area contributed by atoms with Gasteiger partial charge in [-0.05, 0) is 29.8 Å². The molecule has 164 valence electrons. The van der Waals surface area contributed by atoms with Crippen LogP contribution in [0.2, 0.25) is 0 Å². The molecule has 31 heavy (non-hydrogen) atoms. The van der Waals surface area contributed by atoms with Gasteiger partial charge in [-0.3, -0.25) is 9.59 Å². The highest BCUT2D eigenvalue weighted by atomic mass is 16.5. The zero-order valence-corrected chi connectivity index (χ0v) is 17.9. The molecule has 2 aromatic rings. The highest BCUT2D eigenvalue weighted by Crippen LogP contribution is 2.42. The SMILES string of the molecule is COCCN1C(=O)C(=O)C(=C(O)c2cccc(OC)c2)[C@H]1c1ccc(OC)c(OC)c1. The van der Waals surface area contributed by atoms with Crippen LogP contribution in [0.4, 0.5) is 0 Å². The summed E-state index contributed by atoms with van der Waals surface area (Å²) in [5.41, 5.74) is 0.952. The third-order valence-electron chi connectivity index (χ3n) is 5.14. The molecule has 8 heteroatoms. The fraction of sp³-hybridized carbons (Fsp3) is 0.304. The quantitative estimate of drug-likeness (QED) is 0.393. The van der Waals surface area contributed by atoms with Gasteiger partial charge in [0.15, 0.2) is 11.5 Å². The lowest BCUT2D eigenvalue weighted by molar-refractivity contribution is -0.140. The van der Waals surface area contributed by atoms with Gasteiger partial charge in [-0.2, -0.15) is 0 Å². The van der Waals surface area contributed by atoms with Gasteiger partial charge >= 0.3 is 0 Å². The molecule has 2 aromatic carbocycles. The lowest BCUT2D eigenvalue weighted by Gasteiger charge is -2.25. The summed E-state index contributed by atoms with van der Waals surface area (Å²) in [6.07, 6.45) is 0. The van der Waals surface area contributed by atoms with Crippen LogP contribution in [-0.2, 0) is 14.3 Å². The average molecular weight is 427 g/mol. The van der Waals surface area contributed by atoms with Gasteiger partial charge in [-0.1, -0.05) is 18.2 Å². The van der Waals surface area contributed by atoms with Crippen molar-refractivity contribution in [3.63, 3.8) is 0 Å². The van der Waals surface area contributed by atoms with Crippen molar-refractivity contribution < 1.29 is 33.6 Å². The van der Waals surface area contributed by atoms with E-state index in [4.69, 9.17) is 18.9 Å². The Hall–Kier alpha value is -3.52. The minimum absolute atomic E-state index is 0.0124. The average Bonchev–Trinajstić information content (AvgIpc) is 3.06. The number of Topliss-reactive ketones (excluding diaryl/α,β-unsaturated/α-hetero) is 1. The van der Waals surface area contributed by atoms with E-state index in [1.807, 2.05) is 0 Å². The van der Waals surface area contributed by atoms with Gasteiger partial charge < -0.3 is 29.0 Å². The molecule has 0 saturated carbocycles. The molecule has 0 spiro atoms. The summed E-state index contributed by atoms with van der Waals surface area (Å²) >= 11 is 0. The highest BCUT2D eigenvalue weighted by Gasteiger charge is 2.46. The van der Waals surface area contributed by atoms with Crippen molar-refractivity contribution >= 4 is 17.4 Å². The number of carbonyl (C=O) groups is 2. The smallest absolute Gasteiger partial charge is 0.295 e. The van der Waals surface area contributed by atoms with E-state index < -0.39 is 17.7 Å². The molecule has 0 bridgehead atoms. The van der Waals surface area contributed by atoms with Gasteiger partial charge in [0.25, 0.3) is 11.7 Å². The standard InChI is InChI=1S/C23H25NO7/c1-28-11-10-24-20(14-8-9-17(30-3)18(13-14)31-4)19(22(26)23(24)27)21(25)15-6-5-7-16(12-15)29-2/h5-9,12-13,20,25H,10-11H2,1-4H3/t20-/m1/s1. The zero-order chi connectivity index (χ0) is 22.5. The number of ketones is 1. The lowest BCUT2D eigenvalue weighted by Crippen LogP contribution is -2.32.